The van der Waals surface area contributed by atoms with Gasteiger partial charge in [-0.25, -0.2) is 0 Å². The van der Waals surface area contributed by atoms with Crippen LogP contribution >= 0.6 is 0 Å². The first-order valence-electron chi connectivity index (χ1n) is 4.17. The standard InChI is InChI=1S/C10H20O/c1-7(2)9(5)10(11-6)8(3)4/h8,10H,1-6H3. The Kier molecular flexibility index (Phi) is 4.43. The normalized spacial score (nSPS) is 13.4. The topological polar surface area (TPSA) is 9.23 Å². The molecule has 1 nitrogen and oxygen atoms in total. The number of hydrogen-bond donors (Lipinski definition) is 0. The van der Waals surface area contributed by atoms with E-state index in [-0.39, 0.29) is 0 Å². The van der Waals surface area contributed by atoms with Gasteiger partial charge in [0.05, 0.1) is 6.10 Å². The van der Waals surface area contributed by atoms with Crippen molar-refractivity contribution in [1.82, 2.24) is 0 Å². The van der Waals surface area contributed by atoms with Crippen LogP contribution in [0.4, 0.5) is 0 Å². The predicted octanol–water partition coefficient (Wildman–Crippen LogP) is 3.01. The lowest BCUT2D eigenvalue weighted by molar-refractivity contribution is 0.0931. The van der Waals surface area contributed by atoms with Gasteiger partial charge in [-0.3, -0.25) is 0 Å². The molecule has 0 aliphatic rings. The summed E-state index contributed by atoms with van der Waals surface area (Å²) in [4.78, 5) is 0. The largest absolute Gasteiger partial charge is 0.377 e. The van der Waals surface area contributed by atoms with E-state index < -0.39 is 0 Å². The van der Waals surface area contributed by atoms with E-state index in [1.54, 1.807) is 7.11 Å². The van der Waals surface area contributed by atoms with Gasteiger partial charge in [-0.15, -0.1) is 0 Å². The molecule has 0 amide bonds. The predicted molar refractivity (Wildman–Crippen MR) is 49.7 cm³/mol. The molecule has 0 saturated heterocycles. The Labute approximate surface area is 70.4 Å². The molecule has 0 aromatic carbocycles. The van der Waals surface area contributed by atoms with Gasteiger partial charge in [0.25, 0.3) is 0 Å². The van der Waals surface area contributed by atoms with Crippen LogP contribution in [0.1, 0.15) is 34.6 Å². The third-order valence-corrected chi connectivity index (χ3v) is 2.07. The van der Waals surface area contributed by atoms with Crippen molar-refractivity contribution in [2.75, 3.05) is 7.11 Å². The second kappa shape index (κ2) is 4.55. The molecule has 66 valence electrons. The van der Waals surface area contributed by atoms with Gasteiger partial charge in [0.1, 0.15) is 0 Å². The van der Waals surface area contributed by atoms with Crippen LogP contribution < -0.4 is 0 Å². The highest BCUT2D eigenvalue weighted by Gasteiger charge is 2.14. The van der Waals surface area contributed by atoms with Gasteiger partial charge in [0.15, 0.2) is 0 Å². The van der Waals surface area contributed by atoms with Crippen LogP contribution in [0.25, 0.3) is 0 Å². The lowest BCUT2D eigenvalue weighted by Gasteiger charge is -2.21. The molecule has 11 heavy (non-hydrogen) atoms. The summed E-state index contributed by atoms with van der Waals surface area (Å²) in [5.41, 5.74) is 2.73. The quantitative estimate of drug-likeness (QED) is 0.571. The molecule has 0 fully saturated rings. The van der Waals surface area contributed by atoms with Crippen molar-refractivity contribution >= 4 is 0 Å². The first kappa shape index (κ1) is 10.7. The second-order valence-corrected chi connectivity index (χ2v) is 3.58. The van der Waals surface area contributed by atoms with Crippen molar-refractivity contribution in [3.05, 3.63) is 11.1 Å². The molecule has 0 aromatic heterocycles. The fourth-order valence-electron chi connectivity index (χ4n) is 1.23. The molecule has 0 heterocycles. The molecular formula is C10H20O. The van der Waals surface area contributed by atoms with Crippen LogP contribution in [-0.2, 0) is 4.74 Å². The summed E-state index contributed by atoms with van der Waals surface area (Å²) in [5.74, 6) is 0.565. The first-order chi connectivity index (χ1) is 5.00. The Morgan fingerprint density at radius 3 is 1.64 bits per heavy atom. The average Bonchev–Trinajstić information content (AvgIpc) is 1.88. The van der Waals surface area contributed by atoms with E-state index in [2.05, 4.69) is 34.6 Å². The van der Waals surface area contributed by atoms with E-state index in [1.807, 2.05) is 0 Å². The Balaban J connectivity index is 4.39. The molecule has 0 N–H and O–H groups in total. The van der Waals surface area contributed by atoms with Gasteiger partial charge in [-0.2, -0.15) is 0 Å². The first-order valence-corrected chi connectivity index (χ1v) is 4.17. The molecule has 0 aliphatic carbocycles. The fourth-order valence-corrected chi connectivity index (χ4v) is 1.23. The van der Waals surface area contributed by atoms with Crippen molar-refractivity contribution in [1.29, 1.82) is 0 Å². The van der Waals surface area contributed by atoms with E-state index in [0.29, 0.717) is 12.0 Å². The summed E-state index contributed by atoms with van der Waals surface area (Å²) in [6.45, 7) is 10.8. The lowest BCUT2D eigenvalue weighted by atomic mass is 9.97. The lowest BCUT2D eigenvalue weighted by Crippen LogP contribution is -2.19. The third kappa shape index (κ3) is 3.06. The number of ether oxygens (including phenoxy) is 1. The molecule has 0 aliphatic heterocycles. The van der Waals surface area contributed by atoms with E-state index in [9.17, 15) is 0 Å². The van der Waals surface area contributed by atoms with Gasteiger partial charge < -0.3 is 4.74 Å². The van der Waals surface area contributed by atoms with Crippen LogP contribution in [-0.4, -0.2) is 13.2 Å². The summed E-state index contributed by atoms with van der Waals surface area (Å²) >= 11 is 0. The molecule has 0 bridgehead atoms. The van der Waals surface area contributed by atoms with E-state index >= 15 is 0 Å². The highest BCUT2D eigenvalue weighted by molar-refractivity contribution is 5.12. The number of allylic oxidation sites excluding steroid dienone is 1. The van der Waals surface area contributed by atoms with Crippen molar-refractivity contribution in [2.24, 2.45) is 5.92 Å². The summed E-state index contributed by atoms with van der Waals surface area (Å²) in [7, 11) is 1.77. The summed E-state index contributed by atoms with van der Waals surface area (Å²) in [5, 5.41) is 0. The van der Waals surface area contributed by atoms with Crippen molar-refractivity contribution in [3.8, 4) is 0 Å². The molecule has 0 radical (unpaired) electrons. The molecule has 1 unspecified atom stereocenters. The molecule has 0 aromatic rings. The van der Waals surface area contributed by atoms with Gasteiger partial charge >= 0.3 is 0 Å². The summed E-state index contributed by atoms with van der Waals surface area (Å²) < 4.78 is 5.38. The van der Waals surface area contributed by atoms with Gasteiger partial charge in [-0.1, -0.05) is 19.4 Å². The number of hydrogen-bond acceptors (Lipinski definition) is 1. The van der Waals surface area contributed by atoms with Gasteiger partial charge in [0.2, 0.25) is 0 Å². The highest BCUT2D eigenvalue weighted by atomic mass is 16.5. The molecule has 0 saturated carbocycles. The molecule has 1 atom stereocenters. The third-order valence-electron chi connectivity index (χ3n) is 2.07. The molecule has 1 heteroatoms. The van der Waals surface area contributed by atoms with Crippen LogP contribution in [0.2, 0.25) is 0 Å². The highest BCUT2D eigenvalue weighted by Crippen LogP contribution is 2.17. The van der Waals surface area contributed by atoms with Gasteiger partial charge in [0, 0.05) is 7.11 Å². The maximum Gasteiger partial charge on any atom is 0.0803 e. The minimum atomic E-state index is 0.292. The van der Waals surface area contributed by atoms with E-state index in [1.165, 1.54) is 11.1 Å². The van der Waals surface area contributed by atoms with Crippen LogP contribution in [0.3, 0.4) is 0 Å². The molecular weight excluding hydrogens is 136 g/mol. The number of rotatable bonds is 3. The monoisotopic (exact) mass is 156 g/mol. The SMILES string of the molecule is COC(C(C)=C(C)C)C(C)C. The molecule has 0 spiro atoms. The maximum absolute atomic E-state index is 5.38. The van der Waals surface area contributed by atoms with Crippen molar-refractivity contribution < 1.29 is 4.74 Å². The zero-order valence-electron chi connectivity index (χ0n) is 8.56. The van der Waals surface area contributed by atoms with Crippen LogP contribution in [0, 0.1) is 5.92 Å². The molecule has 0 rings (SSSR count). The Morgan fingerprint density at radius 1 is 1.09 bits per heavy atom. The van der Waals surface area contributed by atoms with Crippen molar-refractivity contribution in [2.45, 2.75) is 40.7 Å². The van der Waals surface area contributed by atoms with Crippen molar-refractivity contribution in [3.63, 3.8) is 0 Å². The summed E-state index contributed by atoms with van der Waals surface area (Å²) in [6, 6.07) is 0. The maximum atomic E-state index is 5.38. The second-order valence-electron chi connectivity index (χ2n) is 3.58. The Bertz CT molecular complexity index is 141. The average molecular weight is 156 g/mol. The Morgan fingerprint density at radius 2 is 1.55 bits per heavy atom. The van der Waals surface area contributed by atoms with Crippen LogP contribution in [0.5, 0.6) is 0 Å². The van der Waals surface area contributed by atoms with E-state index in [0.717, 1.165) is 0 Å². The smallest absolute Gasteiger partial charge is 0.0803 e. The zero-order chi connectivity index (χ0) is 9.02. The summed E-state index contributed by atoms with van der Waals surface area (Å²) in [6.07, 6.45) is 0.292. The minimum absolute atomic E-state index is 0.292. The zero-order valence-corrected chi connectivity index (χ0v) is 8.56. The van der Waals surface area contributed by atoms with Crippen LogP contribution in [0.15, 0.2) is 11.1 Å². The van der Waals surface area contributed by atoms with E-state index in [4.69, 9.17) is 4.74 Å². The van der Waals surface area contributed by atoms with Gasteiger partial charge in [-0.05, 0) is 32.3 Å². The Hall–Kier alpha value is -0.300. The fraction of sp³-hybridized carbons (Fsp3) is 0.800. The number of methoxy groups -OCH3 is 1. The minimum Gasteiger partial charge on any atom is -0.377 e.